The summed E-state index contributed by atoms with van der Waals surface area (Å²) < 4.78 is 28.4. The van der Waals surface area contributed by atoms with Crippen molar-refractivity contribution in [1.82, 2.24) is 0 Å². The molecule has 0 spiro atoms. The molecule has 1 amide bonds. The number of carbonyl (C=O) groups is 2. The molecule has 10 nitrogen and oxygen atoms in total. The van der Waals surface area contributed by atoms with Crippen molar-refractivity contribution in [3.8, 4) is 0 Å². The molecule has 34 heavy (non-hydrogen) atoms. The van der Waals surface area contributed by atoms with Gasteiger partial charge in [0.2, 0.25) is 10.0 Å². The molecule has 11 heteroatoms. The zero-order chi connectivity index (χ0) is 24.7. The van der Waals surface area contributed by atoms with Crippen molar-refractivity contribution in [2.45, 2.75) is 11.7 Å². The van der Waals surface area contributed by atoms with E-state index in [4.69, 9.17) is 11.1 Å². The Morgan fingerprint density at radius 2 is 1.53 bits per heavy atom. The lowest BCUT2D eigenvalue weighted by atomic mass is 10.1. The average Bonchev–Trinajstić information content (AvgIpc) is 2.78. The molecule has 176 valence electrons. The first-order chi connectivity index (χ1) is 16.1. The molecule has 0 aliphatic rings. The smallest absolute Gasteiger partial charge is 0.305 e. The van der Waals surface area contributed by atoms with E-state index in [0.29, 0.717) is 22.5 Å². The maximum absolute atomic E-state index is 13.0. The van der Waals surface area contributed by atoms with Crippen LogP contribution in [0.5, 0.6) is 0 Å². The topological polar surface area (TPSA) is 174 Å². The lowest BCUT2D eigenvalue weighted by Crippen LogP contribution is -2.24. The largest absolute Gasteiger partial charge is 0.481 e. The Labute approximate surface area is 196 Å². The van der Waals surface area contributed by atoms with Crippen LogP contribution >= 0.6 is 0 Å². The van der Waals surface area contributed by atoms with Gasteiger partial charge < -0.3 is 21.5 Å². The number of hydrogen-bond donors (Lipinski definition) is 6. The number of carboxylic acid groups (broad SMARTS) is 1. The summed E-state index contributed by atoms with van der Waals surface area (Å²) in [5, 5.41) is 20.4. The molecule has 0 saturated carbocycles. The van der Waals surface area contributed by atoms with Crippen LogP contribution in [0.15, 0.2) is 78.9 Å². The minimum absolute atomic E-state index is 0.171. The van der Waals surface area contributed by atoms with Crippen molar-refractivity contribution in [3.63, 3.8) is 0 Å². The van der Waals surface area contributed by atoms with E-state index in [0.717, 1.165) is 0 Å². The number of hydrogen-bond acceptors (Lipinski definition) is 5. The number of rotatable bonds is 9. The van der Waals surface area contributed by atoms with Crippen molar-refractivity contribution < 1.29 is 23.1 Å². The molecule has 3 aromatic rings. The van der Waals surface area contributed by atoms with Gasteiger partial charge in [-0.3, -0.25) is 19.7 Å². The Bertz CT molecular complexity index is 1290. The predicted molar refractivity (Wildman–Crippen MR) is 130 cm³/mol. The minimum atomic E-state index is -4.11. The van der Waals surface area contributed by atoms with Crippen LogP contribution in [0, 0.1) is 5.41 Å². The van der Waals surface area contributed by atoms with Gasteiger partial charge in [-0.2, -0.15) is 0 Å². The second-order valence-electron chi connectivity index (χ2n) is 7.30. The van der Waals surface area contributed by atoms with Crippen molar-refractivity contribution in [2.24, 2.45) is 5.73 Å². The highest BCUT2D eigenvalue weighted by Gasteiger charge is 2.29. The summed E-state index contributed by atoms with van der Waals surface area (Å²) in [5.74, 6) is -1.90. The highest BCUT2D eigenvalue weighted by atomic mass is 32.2. The van der Waals surface area contributed by atoms with Gasteiger partial charge in [-0.1, -0.05) is 36.4 Å². The second-order valence-corrected chi connectivity index (χ2v) is 9.16. The SMILES string of the molecule is N=C(N)Nc1ccc(C(=O)Nc2cccc(NS(=O)(=O)C(CC(=O)O)c3ccccc3)c2)cc1. The third-order valence-electron chi connectivity index (χ3n) is 4.71. The number of sulfonamides is 1. The molecule has 0 heterocycles. The monoisotopic (exact) mass is 481 g/mol. The number of anilines is 3. The number of benzene rings is 3. The van der Waals surface area contributed by atoms with Gasteiger partial charge in [0, 0.05) is 16.9 Å². The van der Waals surface area contributed by atoms with Crippen LogP contribution in [0.4, 0.5) is 17.1 Å². The van der Waals surface area contributed by atoms with Gasteiger partial charge in [-0.15, -0.1) is 0 Å². The number of aliphatic carboxylic acids is 1. The molecule has 3 aromatic carbocycles. The third-order valence-corrected chi connectivity index (χ3v) is 6.42. The van der Waals surface area contributed by atoms with E-state index in [1.165, 1.54) is 12.1 Å². The number of carboxylic acids is 1. The average molecular weight is 482 g/mol. The number of amides is 1. The molecular weight excluding hydrogens is 458 g/mol. The van der Waals surface area contributed by atoms with E-state index in [9.17, 15) is 23.1 Å². The summed E-state index contributed by atoms with van der Waals surface area (Å²) in [6.45, 7) is 0. The fraction of sp³-hybridized carbons (Fsp3) is 0.0870. The maximum Gasteiger partial charge on any atom is 0.305 e. The molecule has 0 saturated heterocycles. The number of carbonyl (C=O) groups excluding carboxylic acids is 1. The van der Waals surface area contributed by atoms with Crippen LogP contribution in [0.2, 0.25) is 0 Å². The third kappa shape index (κ3) is 6.56. The molecule has 0 aliphatic carbocycles. The van der Waals surface area contributed by atoms with E-state index >= 15 is 0 Å². The van der Waals surface area contributed by atoms with Gasteiger partial charge >= 0.3 is 5.97 Å². The summed E-state index contributed by atoms with van der Waals surface area (Å²) >= 11 is 0. The zero-order valence-corrected chi connectivity index (χ0v) is 18.7. The summed E-state index contributed by atoms with van der Waals surface area (Å²) in [6.07, 6.45) is -0.607. The van der Waals surface area contributed by atoms with Crippen molar-refractivity contribution in [1.29, 1.82) is 5.41 Å². The van der Waals surface area contributed by atoms with Gasteiger partial charge in [0.25, 0.3) is 5.91 Å². The quantitative estimate of drug-likeness (QED) is 0.201. The Kier molecular flexibility index (Phi) is 7.49. The first kappa shape index (κ1) is 24.3. The fourth-order valence-corrected chi connectivity index (χ4v) is 4.67. The number of guanidine groups is 1. The summed E-state index contributed by atoms with van der Waals surface area (Å²) in [7, 11) is -4.11. The fourth-order valence-electron chi connectivity index (χ4n) is 3.19. The van der Waals surface area contributed by atoms with Crippen LogP contribution < -0.4 is 21.1 Å². The van der Waals surface area contributed by atoms with Gasteiger partial charge in [0.05, 0.1) is 12.1 Å². The standard InChI is InChI=1S/C23H23N5O5S/c24-23(25)27-17-11-9-16(10-12-17)22(31)26-18-7-4-8-19(13-18)28-34(32,33)20(14-21(29)30)15-5-2-1-3-6-15/h1-13,20,28H,14H2,(H,26,31)(H,29,30)(H4,24,25,27). The molecule has 0 fully saturated rings. The zero-order valence-electron chi connectivity index (χ0n) is 17.9. The van der Waals surface area contributed by atoms with Gasteiger partial charge in [0.15, 0.2) is 5.96 Å². The maximum atomic E-state index is 13.0. The lowest BCUT2D eigenvalue weighted by Gasteiger charge is -2.18. The first-order valence-corrected chi connectivity index (χ1v) is 11.6. The van der Waals surface area contributed by atoms with E-state index < -0.39 is 33.6 Å². The second kappa shape index (κ2) is 10.5. The molecule has 3 rings (SSSR count). The summed E-state index contributed by atoms with van der Waals surface area (Å²) in [4.78, 5) is 23.9. The number of nitrogens with one attached hydrogen (secondary N) is 4. The van der Waals surface area contributed by atoms with Gasteiger partial charge in [-0.25, -0.2) is 8.42 Å². The Hall–Kier alpha value is -4.38. The van der Waals surface area contributed by atoms with Crippen molar-refractivity contribution >= 4 is 44.9 Å². The van der Waals surface area contributed by atoms with E-state index in [-0.39, 0.29) is 11.6 Å². The summed E-state index contributed by atoms with van der Waals surface area (Å²) in [5.41, 5.74) is 7.02. The van der Waals surface area contributed by atoms with Crippen LogP contribution in [-0.4, -0.2) is 31.4 Å². The normalized spacial score (nSPS) is 11.8. The van der Waals surface area contributed by atoms with Gasteiger partial charge in [-0.05, 0) is 48.0 Å². The van der Waals surface area contributed by atoms with E-state index in [1.807, 2.05) is 0 Å². The van der Waals surface area contributed by atoms with E-state index in [1.54, 1.807) is 66.7 Å². The molecular formula is C23H23N5O5S. The van der Waals surface area contributed by atoms with Crippen LogP contribution in [0.3, 0.4) is 0 Å². The molecule has 0 bridgehead atoms. The summed E-state index contributed by atoms with van der Waals surface area (Å²) in [6, 6.07) is 20.4. The molecule has 0 radical (unpaired) electrons. The molecule has 1 atom stereocenters. The van der Waals surface area contributed by atoms with Crippen molar-refractivity contribution in [3.05, 3.63) is 90.0 Å². The Balaban J connectivity index is 1.76. The van der Waals surface area contributed by atoms with Crippen molar-refractivity contribution in [2.75, 3.05) is 15.4 Å². The molecule has 7 N–H and O–H groups in total. The Morgan fingerprint density at radius 3 is 2.15 bits per heavy atom. The highest BCUT2D eigenvalue weighted by Crippen LogP contribution is 2.28. The van der Waals surface area contributed by atoms with E-state index in [2.05, 4.69) is 15.4 Å². The highest BCUT2D eigenvalue weighted by molar-refractivity contribution is 7.93. The molecule has 0 aliphatic heterocycles. The first-order valence-electron chi connectivity index (χ1n) is 10.0. The lowest BCUT2D eigenvalue weighted by molar-refractivity contribution is -0.137. The molecule has 0 aromatic heterocycles. The van der Waals surface area contributed by atoms with Gasteiger partial charge in [0.1, 0.15) is 5.25 Å². The minimum Gasteiger partial charge on any atom is -0.481 e. The number of nitrogens with two attached hydrogens (primary N) is 1. The van der Waals surface area contributed by atoms with Crippen LogP contribution in [0.1, 0.15) is 27.6 Å². The Morgan fingerprint density at radius 1 is 0.882 bits per heavy atom. The van der Waals surface area contributed by atoms with Crippen LogP contribution in [0.25, 0.3) is 0 Å². The van der Waals surface area contributed by atoms with Crippen LogP contribution in [-0.2, 0) is 14.8 Å². The predicted octanol–water partition coefficient (Wildman–Crippen LogP) is 3.20. The molecule has 1 unspecified atom stereocenters.